The number of ether oxygens (including phenoxy) is 1. The molecular weight excluding hydrogens is 803 g/mol. The second kappa shape index (κ2) is 17.7. The van der Waals surface area contributed by atoms with E-state index >= 15 is 0 Å². The maximum absolute atomic E-state index is 14.3. The molecule has 19 heteroatoms. The Morgan fingerprint density at radius 2 is 1.79 bits per heavy atom. The molecule has 1 unspecified atom stereocenters. The van der Waals surface area contributed by atoms with Gasteiger partial charge in [-0.05, 0) is 95.1 Å². The first-order chi connectivity index (χ1) is 30.0. The molecular formula is C43H54F2N12O5. The SMILES string of the molecule is CN(C[C@H]1CC[C@H](n2cc(NC(=O)c3cnn4ccc(N5CCOCC5)nc34)c(C(F)F)n2)CC1)C1CCN(CCc2cccc3c2n(C)c(=O)n3C2CCC(=O)NC2=O)CC1. The average molecular weight is 857 g/mol. The number of amides is 3. The average Bonchev–Trinajstić information content (AvgIpc) is 3.98. The Morgan fingerprint density at radius 1 is 1.02 bits per heavy atom. The number of morpholine rings is 1. The first-order valence-electron chi connectivity index (χ1n) is 21.8. The Morgan fingerprint density at radius 3 is 2.53 bits per heavy atom. The lowest BCUT2D eigenvalue weighted by Crippen LogP contribution is -2.45. The maximum atomic E-state index is 14.3. The number of rotatable bonds is 12. The topological polar surface area (TPSA) is 169 Å². The molecule has 1 aliphatic carbocycles. The second-order valence-electron chi connectivity index (χ2n) is 17.3. The number of para-hydroxylation sites is 1. The minimum absolute atomic E-state index is 0.00609. The number of hydrogen-bond donors (Lipinski definition) is 2. The Hall–Kier alpha value is -5.53. The zero-order valence-corrected chi connectivity index (χ0v) is 35.2. The molecule has 3 amide bonds. The van der Waals surface area contributed by atoms with E-state index in [1.165, 1.54) is 15.3 Å². The third kappa shape index (κ3) is 8.36. The van der Waals surface area contributed by atoms with Gasteiger partial charge >= 0.3 is 5.69 Å². The highest BCUT2D eigenvalue weighted by Crippen LogP contribution is 2.36. The van der Waals surface area contributed by atoms with E-state index in [9.17, 15) is 28.0 Å². The first-order valence-corrected chi connectivity index (χ1v) is 21.8. The number of carbonyl (C=O) groups is 3. The van der Waals surface area contributed by atoms with Crippen molar-refractivity contribution in [2.45, 2.75) is 82.3 Å². The van der Waals surface area contributed by atoms with Gasteiger partial charge in [-0.1, -0.05) is 12.1 Å². The van der Waals surface area contributed by atoms with E-state index in [1.807, 2.05) is 18.2 Å². The van der Waals surface area contributed by atoms with Gasteiger partial charge in [0.15, 0.2) is 11.3 Å². The number of piperidine rings is 2. The molecule has 2 N–H and O–H groups in total. The minimum atomic E-state index is -2.86. The number of fused-ring (bicyclic) bond motifs is 2. The summed E-state index contributed by atoms with van der Waals surface area (Å²) in [6, 6.07) is 7.42. The van der Waals surface area contributed by atoms with Crippen LogP contribution in [0.3, 0.4) is 0 Å². The highest BCUT2D eigenvalue weighted by Gasteiger charge is 2.33. The van der Waals surface area contributed by atoms with Crippen molar-refractivity contribution in [1.82, 2.24) is 48.6 Å². The van der Waals surface area contributed by atoms with Gasteiger partial charge in [0.25, 0.3) is 12.3 Å². The largest absolute Gasteiger partial charge is 0.378 e. The number of halogens is 2. The van der Waals surface area contributed by atoms with Crippen molar-refractivity contribution in [3.63, 3.8) is 0 Å². The van der Waals surface area contributed by atoms with Crippen LogP contribution in [-0.2, 0) is 27.8 Å². The van der Waals surface area contributed by atoms with Crippen molar-refractivity contribution in [2.75, 3.05) is 69.7 Å². The lowest BCUT2D eigenvalue weighted by atomic mass is 9.85. The number of imide groups is 1. The summed E-state index contributed by atoms with van der Waals surface area (Å²) in [6.07, 6.45) is 8.74. The molecule has 4 aliphatic rings. The number of imidazole rings is 1. The standard InChI is InChI=1S/C43H54F2N12O5/c1-51(29-13-17-53(18-14-29)16-12-28-4-3-5-33-38(28)52(2)43(61)57(33)34-10-11-36(58)49-42(34)60)25-27-6-8-30(9-7-27)56-26-32(37(50-56)39(44)45)47-41(59)31-24-46-55-19-15-35(48-40(31)55)54-20-22-62-23-21-54/h3-5,15,19,24,26-27,29-30,34,39H,6-14,16-18,20-23,25H2,1-2H3,(H,47,59)(H,49,58,60)/t27-,30-,34?. The Bertz CT molecular complexity index is 2510. The smallest absolute Gasteiger partial charge is 0.329 e. The fraction of sp³-hybridized carbons (Fsp3) is 0.558. The molecule has 3 saturated heterocycles. The summed E-state index contributed by atoms with van der Waals surface area (Å²) in [4.78, 5) is 63.0. The number of anilines is 2. The van der Waals surface area contributed by atoms with Gasteiger partial charge < -0.3 is 24.8 Å². The van der Waals surface area contributed by atoms with Crippen molar-refractivity contribution in [3.05, 3.63) is 70.2 Å². The molecule has 17 nitrogen and oxygen atoms in total. The van der Waals surface area contributed by atoms with Crippen molar-refractivity contribution >= 4 is 45.9 Å². The monoisotopic (exact) mass is 856 g/mol. The van der Waals surface area contributed by atoms with Gasteiger partial charge in [-0.2, -0.15) is 10.2 Å². The molecule has 4 aromatic heterocycles. The molecule has 330 valence electrons. The minimum Gasteiger partial charge on any atom is -0.378 e. The lowest BCUT2D eigenvalue weighted by molar-refractivity contribution is -0.135. The Kier molecular flexibility index (Phi) is 11.9. The fourth-order valence-electron chi connectivity index (χ4n) is 9.99. The van der Waals surface area contributed by atoms with Crippen LogP contribution in [0.5, 0.6) is 0 Å². The molecule has 9 rings (SSSR count). The summed E-state index contributed by atoms with van der Waals surface area (Å²) in [6.45, 7) is 6.31. The van der Waals surface area contributed by atoms with Gasteiger partial charge in [-0.15, -0.1) is 0 Å². The van der Waals surface area contributed by atoms with Gasteiger partial charge in [-0.3, -0.25) is 33.5 Å². The second-order valence-corrected chi connectivity index (χ2v) is 17.3. The van der Waals surface area contributed by atoms with Crippen LogP contribution in [0.2, 0.25) is 0 Å². The highest BCUT2D eigenvalue weighted by molar-refractivity contribution is 6.08. The number of aromatic nitrogens is 7. The summed E-state index contributed by atoms with van der Waals surface area (Å²) in [5.74, 6) is -0.131. The highest BCUT2D eigenvalue weighted by atomic mass is 19.3. The molecule has 4 fully saturated rings. The molecule has 1 aromatic carbocycles. The molecule has 3 aliphatic heterocycles. The van der Waals surface area contributed by atoms with Crippen molar-refractivity contribution in [3.8, 4) is 0 Å². The number of nitrogens with one attached hydrogen (secondary N) is 2. The number of benzene rings is 1. The van der Waals surface area contributed by atoms with E-state index in [-0.39, 0.29) is 35.3 Å². The van der Waals surface area contributed by atoms with Crippen LogP contribution >= 0.6 is 0 Å². The fourth-order valence-corrected chi connectivity index (χ4v) is 9.99. The van der Waals surface area contributed by atoms with Crippen LogP contribution in [0.15, 0.2) is 47.7 Å². The van der Waals surface area contributed by atoms with Crippen LogP contribution in [0.25, 0.3) is 16.7 Å². The van der Waals surface area contributed by atoms with E-state index in [2.05, 4.69) is 53.6 Å². The van der Waals surface area contributed by atoms with Gasteiger partial charge in [-0.25, -0.2) is 23.1 Å². The van der Waals surface area contributed by atoms with Crippen LogP contribution in [0, 0.1) is 5.92 Å². The molecule has 1 atom stereocenters. The third-order valence-corrected chi connectivity index (χ3v) is 13.5. The maximum Gasteiger partial charge on any atom is 0.329 e. The van der Waals surface area contributed by atoms with Gasteiger partial charge in [0, 0.05) is 58.1 Å². The summed E-state index contributed by atoms with van der Waals surface area (Å²) < 4.78 is 40.3. The summed E-state index contributed by atoms with van der Waals surface area (Å²) >= 11 is 0. The van der Waals surface area contributed by atoms with E-state index in [0.717, 1.165) is 82.2 Å². The number of carbonyl (C=O) groups excluding carboxylic acids is 3. The zero-order valence-electron chi connectivity index (χ0n) is 35.2. The van der Waals surface area contributed by atoms with Crippen LogP contribution in [-0.4, -0.2) is 127 Å². The predicted octanol–water partition coefficient (Wildman–Crippen LogP) is 3.95. The first kappa shape index (κ1) is 41.8. The summed E-state index contributed by atoms with van der Waals surface area (Å²) in [5, 5.41) is 13.6. The van der Waals surface area contributed by atoms with Crippen LogP contribution in [0.4, 0.5) is 20.3 Å². The van der Waals surface area contributed by atoms with Crippen LogP contribution in [0.1, 0.15) is 91.5 Å². The number of aryl methyl sites for hydroxylation is 1. The van der Waals surface area contributed by atoms with E-state index in [4.69, 9.17) is 4.74 Å². The quantitative estimate of drug-likeness (QED) is 0.174. The van der Waals surface area contributed by atoms with Crippen molar-refractivity contribution in [1.29, 1.82) is 0 Å². The molecule has 7 heterocycles. The molecule has 1 saturated carbocycles. The molecule has 0 bridgehead atoms. The third-order valence-electron chi connectivity index (χ3n) is 13.5. The molecule has 0 spiro atoms. The Balaban J connectivity index is 0.760. The number of nitrogens with zero attached hydrogens (tertiary/aromatic N) is 10. The summed E-state index contributed by atoms with van der Waals surface area (Å²) in [7, 11) is 3.95. The van der Waals surface area contributed by atoms with Gasteiger partial charge in [0.1, 0.15) is 17.4 Å². The van der Waals surface area contributed by atoms with Crippen molar-refractivity contribution in [2.24, 2.45) is 13.0 Å². The van der Waals surface area contributed by atoms with E-state index in [1.54, 1.807) is 28.7 Å². The number of likely N-dealkylation sites (tertiary alicyclic amines) is 1. The van der Waals surface area contributed by atoms with Gasteiger partial charge in [0.05, 0.1) is 42.2 Å². The lowest BCUT2D eigenvalue weighted by Gasteiger charge is -2.39. The number of alkyl halides is 2. The van der Waals surface area contributed by atoms with E-state index < -0.39 is 30.0 Å². The molecule has 62 heavy (non-hydrogen) atoms. The summed E-state index contributed by atoms with van der Waals surface area (Å²) in [5.41, 5.74) is 2.42. The molecule has 0 radical (unpaired) electrons. The Labute approximate surface area is 357 Å². The number of hydrogen-bond acceptors (Lipinski definition) is 11. The molecule has 5 aromatic rings. The zero-order chi connectivity index (χ0) is 43.1. The van der Waals surface area contributed by atoms with E-state index in [0.29, 0.717) is 61.7 Å². The van der Waals surface area contributed by atoms with Crippen molar-refractivity contribution < 1.29 is 27.9 Å². The van der Waals surface area contributed by atoms with Crippen LogP contribution < -0.4 is 21.2 Å². The normalized spacial score (nSPS) is 22.0. The van der Waals surface area contributed by atoms with Gasteiger partial charge in [0.2, 0.25) is 11.8 Å². The predicted molar refractivity (Wildman–Crippen MR) is 227 cm³/mol.